The van der Waals surface area contributed by atoms with Crippen LogP contribution in [0.25, 0.3) is 11.8 Å². The Bertz CT molecular complexity index is 1390. The van der Waals surface area contributed by atoms with Gasteiger partial charge in [0.25, 0.3) is 5.91 Å². The van der Waals surface area contributed by atoms with E-state index in [2.05, 4.69) is 9.56 Å². The molecule has 9 heteroatoms. The highest BCUT2D eigenvalue weighted by Gasteiger charge is 2.31. The second-order valence-corrected chi connectivity index (χ2v) is 8.93. The predicted molar refractivity (Wildman–Crippen MR) is 130 cm³/mol. The molecule has 0 aliphatic carbocycles. The van der Waals surface area contributed by atoms with Crippen molar-refractivity contribution < 1.29 is 24.2 Å². The first-order chi connectivity index (χ1) is 16.3. The fourth-order valence-corrected chi connectivity index (χ4v) is 4.91. The number of rotatable bonds is 4. The van der Waals surface area contributed by atoms with E-state index in [1.54, 1.807) is 19.2 Å². The van der Waals surface area contributed by atoms with Crippen LogP contribution in [0, 0.1) is 13.8 Å². The number of ether oxygens (including phenoxy) is 2. The van der Waals surface area contributed by atoms with Gasteiger partial charge in [0, 0.05) is 30.2 Å². The first kappa shape index (κ1) is 21.8. The van der Waals surface area contributed by atoms with Crippen molar-refractivity contribution in [3.05, 3.63) is 76.0 Å². The van der Waals surface area contributed by atoms with Gasteiger partial charge in [0.15, 0.2) is 16.7 Å². The van der Waals surface area contributed by atoms with Crippen molar-refractivity contribution in [2.45, 2.75) is 13.8 Å². The Morgan fingerprint density at radius 1 is 1.09 bits per heavy atom. The summed E-state index contributed by atoms with van der Waals surface area (Å²) in [4.78, 5) is 30.5. The second kappa shape index (κ2) is 8.42. The van der Waals surface area contributed by atoms with E-state index in [0.29, 0.717) is 21.5 Å². The van der Waals surface area contributed by atoms with Gasteiger partial charge in [0.1, 0.15) is 0 Å². The van der Waals surface area contributed by atoms with Gasteiger partial charge in [-0.3, -0.25) is 9.69 Å². The van der Waals surface area contributed by atoms with Crippen LogP contribution in [0.5, 0.6) is 11.5 Å². The number of carboxylic acid groups (broad SMARTS) is 1. The number of carbonyl (C=O) groups is 2. The molecule has 2 aliphatic rings. The Morgan fingerprint density at radius 3 is 2.56 bits per heavy atom. The van der Waals surface area contributed by atoms with Gasteiger partial charge in [-0.05, 0) is 79.7 Å². The molecule has 1 fully saturated rings. The summed E-state index contributed by atoms with van der Waals surface area (Å²) in [7, 11) is 1.68. The van der Waals surface area contributed by atoms with Gasteiger partial charge in [-0.15, -0.1) is 0 Å². The van der Waals surface area contributed by atoms with Gasteiger partial charge >= 0.3 is 5.97 Å². The molecule has 1 aromatic heterocycles. The molecule has 0 spiro atoms. The number of hydrogen-bond donors (Lipinski definition) is 1. The Balaban J connectivity index is 1.44. The molecule has 8 nitrogen and oxygen atoms in total. The minimum Gasteiger partial charge on any atom is -0.478 e. The molecule has 0 unspecified atom stereocenters. The monoisotopic (exact) mass is 475 g/mol. The van der Waals surface area contributed by atoms with Crippen molar-refractivity contribution in [1.82, 2.24) is 9.47 Å². The lowest BCUT2D eigenvalue weighted by Gasteiger charge is -2.10. The van der Waals surface area contributed by atoms with Crippen molar-refractivity contribution in [2.24, 2.45) is 4.99 Å². The molecular weight excluding hydrogens is 454 g/mol. The molecular formula is C25H21N3O5S. The number of thioether (sulfide) groups is 1. The molecule has 0 atom stereocenters. The fraction of sp³-hybridized carbons (Fsp3) is 0.160. The van der Waals surface area contributed by atoms with Gasteiger partial charge in [0.05, 0.1) is 16.2 Å². The lowest BCUT2D eigenvalue weighted by molar-refractivity contribution is -0.121. The quantitative estimate of drug-likeness (QED) is 0.547. The number of hydrogen-bond acceptors (Lipinski definition) is 6. The standard InChI is InChI=1S/C25H21N3O5S/c1-14-10-17(15(2)28(14)19-8-9-20-21(12-19)33-13-32-20)11-22-23(29)27(3)25(34-22)26-18-6-4-16(5-7-18)24(30)31/h4-12H,13H2,1-3H3,(H,30,31)/b22-11-,26-25?. The summed E-state index contributed by atoms with van der Waals surface area (Å²) in [5.41, 5.74) is 4.68. The van der Waals surface area contributed by atoms with Crippen molar-refractivity contribution in [1.29, 1.82) is 0 Å². The maximum absolute atomic E-state index is 12.9. The molecule has 3 heterocycles. The van der Waals surface area contributed by atoms with Crippen LogP contribution in [0.2, 0.25) is 0 Å². The van der Waals surface area contributed by atoms with Crippen molar-refractivity contribution >= 4 is 40.6 Å². The number of aromatic carboxylic acids is 1. The van der Waals surface area contributed by atoms with Crippen LogP contribution in [-0.2, 0) is 4.79 Å². The van der Waals surface area contributed by atoms with Crippen LogP contribution in [0.15, 0.2) is 58.4 Å². The number of fused-ring (bicyclic) bond motifs is 1. The van der Waals surface area contributed by atoms with Crippen LogP contribution in [0.1, 0.15) is 27.3 Å². The maximum atomic E-state index is 12.9. The predicted octanol–water partition coefficient (Wildman–Crippen LogP) is 4.75. The van der Waals surface area contributed by atoms with Crippen LogP contribution < -0.4 is 9.47 Å². The maximum Gasteiger partial charge on any atom is 0.335 e. The summed E-state index contributed by atoms with van der Waals surface area (Å²) in [6, 6.07) is 14.1. The number of amides is 1. The molecule has 1 amide bonds. The number of carboxylic acids is 1. The van der Waals surface area contributed by atoms with Gasteiger partial charge in [-0.1, -0.05) is 0 Å². The fourth-order valence-electron chi connectivity index (χ4n) is 3.94. The zero-order valence-corrected chi connectivity index (χ0v) is 19.5. The Labute approximate surface area is 200 Å². The third-order valence-corrected chi connectivity index (χ3v) is 6.77. The van der Waals surface area contributed by atoms with E-state index in [4.69, 9.17) is 14.6 Å². The summed E-state index contributed by atoms with van der Waals surface area (Å²) in [6.45, 7) is 4.25. The molecule has 0 radical (unpaired) electrons. The largest absolute Gasteiger partial charge is 0.478 e. The molecule has 172 valence electrons. The average Bonchev–Trinajstić information content (AvgIpc) is 3.47. The van der Waals surface area contributed by atoms with Crippen LogP contribution in [0.4, 0.5) is 5.69 Å². The first-order valence-electron chi connectivity index (χ1n) is 10.5. The number of aliphatic imine (C=N–C) groups is 1. The van der Waals surface area contributed by atoms with Crippen LogP contribution in [0.3, 0.4) is 0 Å². The third kappa shape index (κ3) is 3.84. The zero-order chi connectivity index (χ0) is 24.0. The Morgan fingerprint density at radius 2 is 1.82 bits per heavy atom. The summed E-state index contributed by atoms with van der Waals surface area (Å²) in [5.74, 6) is 0.309. The summed E-state index contributed by atoms with van der Waals surface area (Å²) < 4.78 is 13.0. The second-order valence-electron chi connectivity index (χ2n) is 7.92. The van der Waals surface area contributed by atoms with E-state index in [1.807, 2.05) is 44.2 Å². The first-order valence-corrected chi connectivity index (χ1v) is 11.3. The van der Waals surface area contributed by atoms with Crippen molar-refractivity contribution in [3.8, 4) is 17.2 Å². The highest BCUT2D eigenvalue weighted by atomic mass is 32.2. The molecule has 0 bridgehead atoms. The molecule has 34 heavy (non-hydrogen) atoms. The number of nitrogens with zero attached hydrogens (tertiary/aromatic N) is 3. The number of benzene rings is 2. The van der Waals surface area contributed by atoms with Crippen LogP contribution >= 0.6 is 11.8 Å². The minimum atomic E-state index is -0.995. The van der Waals surface area contributed by atoms with Gasteiger partial charge in [-0.2, -0.15) is 0 Å². The number of aryl methyl sites for hydroxylation is 1. The molecule has 2 aromatic carbocycles. The van der Waals surface area contributed by atoms with Gasteiger partial charge in [0.2, 0.25) is 6.79 Å². The average molecular weight is 476 g/mol. The normalized spacial score (nSPS) is 17.3. The number of likely N-dealkylation sites (N-methyl/N-ethyl adjacent to an activating group) is 1. The van der Waals surface area contributed by atoms with E-state index < -0.39 is 5.97 Å². The van der Waals surface area contributed by atoms with Crippen molar-refractivity contribution in [3.63, 3.8) is 0 Å². The number of amidine groups is 1. The van der Waals surface area contributed by atoms with E-state index in [-0.39, 0.29) is 18.3 Å². The molecule has 1 N–H and O–H groups in total. The number of carbonyl (C=O) groups excluding carboxylic acids is 1. The summed E-state index contributed by atoms with van der Waals surface area (Å²) in [5, 5.41) is 9.59. The smallest absolute Gasteiger partial charge is 0.335 e. The molecule has 2 aliphatic heterocycles. The lowest BCUT2D eigenvalue weighted by atomic mass is 10.2. The highest BCUT2D eigenvalue weighted by Crippen LogP contribution is 2.37. The van der Waals surface area contributed by atoms with E-state index >= 15 is 0 Å². The van der Waals surface area contributed by atoms with Gasteiger partial charge in [-0.25, -0.2) is 9.79 Å². The molecule has 1 saturated heterocycles. The van der Waals surface area contributed by atoms with Crippen LogP contribution in [-0.4, -0.2) is 45.5 Å². The zero-order valence-electron chi connectivity index (χ0n) is 18.7. The lowest BCUT2D eigenvalue weighted by Crippen LogP contribution is -2.23. The van der Waals surface area contributed by atoms with E-state index in [0.717, 1.165) is 28.4 Å². The molecule has 5 rings (SSSR count). The summed E-state index contributed by atoms with van der Waals surface area (Å²) >= 11 is 1.29. The Kier molecular flexibility index (Phi) is 5.41. The SMILES string of the molecule is Cc1cc(/C=C2\SC(=Nc3ccc(C(=O)O)cc3)N(C)C2=O)c(C)n1-c1ccc2c(c1)OCO2. The number of aromatic nitrogens is 1. The summed E-state index contributed by atoms with van der Waals surface area (Å²) in [6.07, 6.45) is 1.88. The molecule has 0 saturated carbocycles. The van der Waals surface area contributed by atoms with E-state index in [9.17, 15) is 9.59 Å². The third-order valence-electron chi connectivity index (χ3n) is 5.71. The Hall–Kier alpha value is -3.98. The van der Waals surface area contributed by atoms with Gasteiger partial charge < -0.3 is 19.1 Å². The van der Waals surface area contributed by atoms with Crippen molar-refractivity contribution in [2.75, 3.05) is 13.8 Å². The highest BCUT2D eigenvalue weighted by molar-refractivity contribution is 8.18. The topological polar surface area (TPSA) is 93.4 Å². The minimum absolute atomic E-state index is 0.140. The molecule has 3 aromatic rings. The van der Waals surface area contributed by atoms with E-state index in [1.165, 1.54) is 28.8 Å².